The Labute approximate surface area is 278 Å². The van der Waals surface area contributed by atoms with Crippen LogP contribution in [-0.4, -0.2) is 75.3 Å². The van der Waals surface area contributed by atoms with Crippen molar-refractivity contribution >= 4 is 47.0 Å². The molecule has 12 nitrogen and oxygen atoms in total. The number of benzene rings is 3. The van der Waals surface area contributed by atoms with Crippen LogP contribution in [0.2, 0.25) is 5.02 Å². The van der Waals surface area contributed by atoms with Gasteiger partial charge in [0.1, 0.15) is 6.33 Å². The number of esters is 1. The zero-order chi connectivity index (χ0) is 33.0. The number of tetrazole rings is 1. The topological polar surface area (TPSA) is 143 Å². The van der Waals surface area contributed by atoms with Gasteiger partial charge in [-0.05, 0) is 90.7 Å². The molecule has 47 heavy (non-hydrogen) atoms. The highest BCUT2D eigenvalue weighted by Gasteiger charge is 2.29. The monoisotopic (exact) mass is 656 g/mol. The highest BCUT2D eigenvalue weighted by atomic mass is 35.5. The van der Waals surface area contributed by atoms with Crippen molar-refractivity contribution in [1.82, 2.24) is 30.4 Å². The number of carbonyl (C=O) groups excluding carboxylic acids is 3. The second kappa shape index (κ2) is 16.4. The van der Waals surface area contributed by atoms with E-state index in [1.54, 1.807) is 36.1 Å². The Morgan fingerprint density at radius 3 is 2.60 bits per heavy atom. The van der Waals surface area contributed by atoms with Gasteiger partial charge in [-0.2, -0.15) is 4.68 Å². The molecule has 13 heteroatoms. The number of aromatic nitrogens is 4. The number of nitrogens with one attached hydrogen (secondary N) is 3. The van der Waals surface area contributed by atoms with Crippen LogP contribution in [0.3, 0.4) is 0 Å². The summed E-state index contributed by atoms with van der Waals surface area (Å²) in [5.74, 6) is -0.821. The van der Waals surface area contributed by atoms with Crippen LogP contribution in [0, 0.1) is 5.92 Å². The van der Waals surface area contributed by atoms with Crippen molar-refractivity contribution in [1.29, 1.82) is 0 Å². The molecule has 0 radical (unpaired) electrons. The van der Waals surface area contributed by atoms with Gasteiger partial charge in [-0.1, -0.05) is 41.9 Å². The van der Waals surface area contributed by atoms with E-state index in [1.165, 1.54) is 17.1 Å². The van der Waals surface area contributed by atoms with Gasteiger partial charge in [0.15, 0.2) is 0 Å². The number of nitrogens with zero attached hydrogens (tertiary/aromatic N) is 5. The molecule has 0 spiro atoms. The predicted molar refractivity (Wildman–Crippen MR) is 180 cm³/mol. The molecule has 3 N–H and O–H groups in total. The molecule has 3 aromatic carbocycles. The van der Waals surface area contributed by atoms with Crippen LogP contribution in [0.1, 0.15) is 30.9 Å². The number of urea groups is 1. The van der Waals surface area contributed by atoms with Crippen LogP contribution in [0.4, 0.5) is 16.2 Å². The van der Waals surface area contributed by atoms with Crippen LogP contribution in [0.25, 0.3) is 11.8 Å². The van der Waals surface area contributed by atoms with Crippen LogP contribution >= 0.6 is 11.6 Å². The molecule has 2 atom stereocenters. The van der Waals surface area contributed by atoms with E-state index in [9.17, 15) is 14.4 Å². The SMILES string of the molecule is CCOC(=O)C1CCCN(C(=O)Nc2ccc(NC[C@@H](Cc3ccccc3)NC(=O)/C=C/c3cc(Cl)ccc3-n3cnnn3)cc2)C1. The van der Waals surface area contributed by atoms with Crippen molar-refractivity contribution in [2.75, 3.05) is 36.9 Å². The fourth-order valence-corrected chi connectivity index (χ4v) is 5.54. The summed E-state index contributed by atoms with van der Waals surface area (Å²) in [6.07, 6.45) is 6.69. The van der Waals surface area contributed by atoms with E-state index in [-0.39, 0.29) is 29.9 Å². The largest absolute Gasteiger partial charge is 0.466 e. The Kier molecular flexibility index (Phi) is 11.5. The number of ether oxygens (including phenoxy) is 1. The Bertz CT molecular complexity index is 1670. The lowest BCUT2D eigenvalue weighted by Crippen LogP contribution is -2.44. The normalized spacial score (nSPS) is 15.2. The maximum atomic E-state index is 13.1. The number of carbonyl (C=O) groups is 3. The fraction of sp³-hybridized carbons (Fsp3) is 0.294. The molecule has 2 heterocycles. The fourth-order valence-electron chi connectivity index (χ4n) is 5.36. The van der Waals surface area contributed by atoms with Crippen LogP contribution in [0.5, 0.6) is 0 Å². The maximum Gasteiger partial charge on any atom is 0.321 e. The number of amides is 3. The molecule has 5 rings (SSSR count). The zero-order valence-electron chi connectivity index (χ0n) is 26.0. The van der Waals surface area contributed by atoms with E-state index in [0.717, 1.165) is 24.1 Å². The molecule has 1 aromatic heterocycles. The van der Waals surface area contributed by atoms with Crippen molar-refractivity contribution < 1.29 is 19.1 Å². The van der Waals surface area contributed by atoms with Crippen LogP contribution < -0.4 is 16.0 Å². The van der Waals surface area contributed by atoms with Gasteiger partial charge in [0.25, 0.3) is 0 Å². The standard InChI is InChI=1S/C34H37ClN8O4/c1-2-47-33(45)26-9-6-18-42(22-26)34(46)39-29-14-12-28(13-15-29)36-21-30(19-24-7-4-3-5-8-24)38-32(44)17-10-25-20-27(35)11-16-31(25)43-23-37-40-41-43/h3-5,7-8,10-17,20,23,26,30,36H,2,6,9,18-19,21-22H2,1H3,(H,38,44)(H,39,46)/b17-10+/t26?,30-/m1/s1. The first-order chi connectivity index (χ1) is 22.9. The van der Waals surface area contributed by atoms with Gasteiger partial charge in [0.05, 0.1) is 24.3 Å². The van der Waals surface area contributed by atoms with Gasteiger partial charge < -0.3 is 25.6 Å². The molecule has 0 bridgehead atoms. The Hall–Kier alpha value is -5.23. The average Bonchev–Trinajstić information content (AvgIpc) is 3.62. The summed E-state index contributed by atoms with van der Waals surface area (Å²) in [7, 11) is 0. The Morgan fingerprint density at radius 2 is 1.85 bits per heavy atom. The molecule has 4 aromatic rings. The molecular formula is C34H37ClN8O4. The Balaban J connectivity index is 1.19. The quantitative estimate of drug-likeness (QED) is 0.143. The van der Waals surface area contributed by atoms with Crippen LogP contribution in [-0.2, 0) is 20.7 Å². The van der Waals surface area contributed by atoms with Crippen molar-refractivity contribution in [3.63, 3.8) is 0 Å². The van der Waals surface area contributed by atoms with Crippen molar-refractivity contribution in [2.45, 2.75) is 32.2 Å². The number of likely N-dealkylation sites (tertiary alicyclic amines) is 1. The summed E-state index contributed by atoms with van der Waals surface area (Å²) < 4.78 is 6.65. The van der Waals surface area contributed by atoms with E-state index in [0.29, 0.717) is 54.6 Å². The number of hydrogen-bond donors (Lipinski definition) is 3. The van der Waals surface area contributed by atoms with E-state index in [2.05, 4.69) is 31.5 Å². The number of anilines is 2. The molecule has 0 aliphatic carbocycles. The molecule has 1 saturated heterocycles. The summed E-state index contributed by atoms with van der Waals surface area (Å²) in [6, 6.07) is 22.1. The lowest BCUT2D eigenvalue weighted by molar-refractivity contribution is -0.149. The van der Waals surface area contributed by atoms with Gasteiger partial charge in [-0.25, -0.2) is 4.79 Å². The predicted octanol–water partition coefficient (Wildman–Crippen LogP) is 4.98. The summed E-state index contributed by atoms with van der Waals surface area (Å²) >= 11 is 6.22. The summed E-state index contributed by atoms with van der Waals surface area (Å²) in [4.78, 5) is 39.8. The van der Waals surface area contributed by atoms with E-state index < -0.39 is 0 Å². The molecule has 1 aliphatic heterocycles. The van der Waals surface area contributed by atoms with Crippen LogP contribution in [0.15, 0.2) is 85.2 Å². The maximum absolute atomic E-state index is 13.1. The van der Waals surface area contributed by atoms with Crippen molar-refractivity contribution in [3.8, 4) is 5.69 Å². The first-order valence-electron chi connectivity index (χ1n) is 15.5. The van der Waals surface area contributed by atoms with E-state index in [1.807, 2.05) is 54.6 Å². The van der Waals surface area contributed by atoms with Gasteiger partial charge >= 0.3 is 12.0 Å². The molecule has 0 saturated carbocycles. The van der Waals surface area contributed by atoms with E-state index in [4.69, 9.17) is 16.3 Å². The molecule has 3 amide bonds. The molecule has 1 fully saturated rings. The number of piperidine rings is 1. The highest BCUT2D eigenvalue weighted by Crippen LogP contribution is 2.22. The first kappa shape index (κ1) is 33.1. The summed E-state index contributed by atoms with van der Waals surface area (Å²) in [5.41, 5.74) is 3.92. The van der Waals surface area contributed by atoms with Gasteiger partial charge in [0, 0.05) is 47.7 Å². The second-order valence-electron chi connectivity index (χ2n) is 11.1. The van der Waals surface area contributed by atoms with Gasteiger partial charge in [-0.15, -0.1) is 5.10 Å². The van der Waals surface area contributed by atoms with Crippen molar-refractivity contribution in [2.24, 2.45) is 5.92 Å². The number of halogens is 1. The number of rotatable bonds is 12. The van der Waals surface area contributed by atoms with E-state index >= 15 is 0 Å². The van der Waals surface area contributed by atoms with Gasteiger partial charge in [-0.3, -0.25) is 9.59 Å². The minimum Gasteiger partial charge on any atom is -0.466 e. The molecule has 244 valence electrons. The smallest absolute Gasteiger partial charge is 0.321 e. The molecule has 1 aliphatic rings. The third kappa shape index (κ3) is 9.63. The van der Waals surface area contributed by atoms with Gasteiger partial charge in [0.2, 0.25) is 5.91 Å². The summed E-state index contributed by atoms with van der Waals surface area (Å²) in [5, 5.41) is 21.3. The third-order valence-electron chi connectivity index (χ3n) is 7.69. The first-order valence-corrected chi connectivity index (χ1v) is 15.9. The molecule has 1 unspecified atom stereocenters. The average molecular weight is 657 g/mol. The second-order valence-corrected chi connectivity index (χ2v) is 11.5. The number of hydrogen-bond acceptors (Lipinski definition) is 8. The highest BCUT2D eigenvalue weighted by molar-refractivity contribution is 6.30. The minimum absolute atomic E-state index is 0.237. The lowest BCUT2D eigenvalue weighted by Gasteiger charge is -2.31. The van der Waals surface area contributed by atoms with Crippen molar-refractivity contribution in [3.05, 3.63) is 101 Å². The Morgan fingerprint density at radius 1 is 1.06 bits per heavy atom. The third-order valence-corrected chi connectivity index (χ3v) is 7.92. The minimum atomic E-state index is -0.299. The molecular weight excluding hydrogens is 620 g/mol. The lowest BCUT2D eigenvalue weighted by atomic mass is 9.98. The zero-order valence-corrected chi connectivity index (χ0v) is 26.8. The summed E-state index contributed by atoms with van der Waals surface area (Å²) in [6.45, 7) is 3.49.